The molecule has 0 atom stereocenters. The first-order valence-electron chi connectivity index (χ1n) is 7.36. The Labute approximate surface area is 136 Å². The zero-order valence-electron chi connectivity index (χ0n) is 13.3. The fourth-order valence-corrected chi connectivity index (χ4v) is 2.97. The van der Waals surface area contributed by atoms with Crippen LogP contribution >= 0.6 is 11.6 Å². The third-order valence-corrected chi connectivity index (χ3v) is 4.32. The highest BCUT2D eigenvalue weighted by Gasteiger charge is 2.09. The van der Waals surface area contributed by atoms with Gasteiger partial charge in [0.25, 0.3) is 0 Å². The standard InChI is InChI=1S/C19H19ClN2/c1-11-8-12(2)19-15(9-11)18(10-13(3)21-19)22-17-7-5-6-16(20)14(17)4/h5-10H,1-4H3,(H,21,22). The molecule has 0 aliphatic rings. The maximum absolute atomic E-state index is 6.23. The second kappa shape index (κ2) is 5.62. The lowest BCUT2D eigenvalue weighted by molar-refractivity contribution is 1.23. The van der Waals surface area contributed by atoms with Gasteiger partial charge in [0.05, 0.1) is 5.52 Å². The first kappa shape index (κ1) is 14.9. The summed E-state index contributed by atoms with van der Waals surface area (Å²) in [6, 6.07) is 12.4. The molecule has 2 aromatic carbocycles. The van der Waals surface area contributed by atoms with Crippen molar-refractivity contribution in [3.8, 4) is 0 Å². The number of halogens is 1. The van der Waals surface area contributed by atoms with Gasteiger partial charge < -0.3 is 5.32 Å². The molecule has 3 heteroatoms. The summed E-state index contributed by atoms with van der Waals surface area (Å²) in [5.41, 5.74) is 7.63. The van der Waals surface area contributed by atoms with Crippen molar-refractivity contribution in [3.05, 3.63) is 63.8 Å². The van der Waals surface area contributed by atoms with Crippen molar-refractivity contribution in [1.29, 1.82) is 0 Å². The number of rotatable bonds is 2. The van der Waals surface area contributed by atoms with Crippen molar-refractivity contribution >= 4 is 33.9 Å². The molecular weight excluding hydrogens is 292 g/mol. The number of hydrogen-bond acceptors (Lipinski definition) is 2. The highest BCUT2D eigenvalue weighted by Crippen LogP contribution is 2.32. The maximum atomic E-state index is 6.23. The zero-order valence-corrected chi connectivity index (χ0v) is 14.0. The summed E-state index contributed by atoms with van der Waals surface area (Å²) < 4.78 is 0. The van der Waals surface area contributed by atoms with Gasteiger partial charge in [-0.3, -0.25) is 4.98 Å². The Morgan fingerprint density at radius 3 is 2.50 bits per heavy atom. The van der Waals surface area contributed by atoms with Crippen LogP contribution in [-0.2, 0) is 0 Å². The van der Waals surface area contributed by atoms with Gasteiger partial charge in [0.2, 0.25) is 0 Å². The Hall–Kier alpha value is -2.06. The monoisotopic (exact) mass is 310 g/mol. The summed E-state index contributed by atoms with van der Waals surface area (Å²) in [5, 5.41) is 5.44. The predicted molar refractivity (Wildman–Crippen MR) is 95.4 cm³/mol. The lowest BCUT2D eigenvalue weighted by Gasteiger charge is -2.15. The van der Waals surface area contributed by atoms with Gasteiger partial charge in [-0.1, -0.05) is 29.3 Å². The van der Waals surface area contributed by atoms with E-state index in [9.17, 15) is 0 Å². The van der Waals surface area contributed by atoms with Gasteiger partial charge in [-0.2, -0.15) is 0 Å². The zero-order chi connectivity index (χ0) is 15.9. The van der Waals surface area contributed by atoms with E-state index in [1.807, 2.05) is 32.0 Å². The largest absolute Gasteiger partial charge is 0.355 e. The third-order valence-electron chi connectivity index (χ3n) is 3.91. The van der Waals surface area contributed by atoms with Gasteiger partial charge in [-0.15, -0.1) is 0 Å². The van der Waals surface area contributed by atoms with E-state index in [-0.39, 0.29) is 0 Å². The van der Waals surface area contributed by atoms with Gasteiger partial charge in [0, 0.05) is 27.5 Å². The average Bonchev–Trinajstić information content (AvgIpc) is 2.45. The van der Waals surface area contributed by atoms with Crippen molar-refractivity contribution in [2.75, 3.05) is 5.32 Å². The second-order valence-electron chi connectivity index (χ2n) is 5.83. The number of aromatic nitrogens is 1. The molecule has 112 valence electrons. The molecule has 1 aromatic heterocycles. The average molecular weight is 311 g/mol. The topological polar surface area (TPSA) is 24.9 Å². The summed E-state index contributed by atoms with van der Waals surface area (Å²) >= 11 is 6.23. The van der Waals surface area contributed by atoms with E-state index in [0.717, 1.165) is 38.6 Å². The van der Waals surface area contributed by atoms with E-state index >= 15 is 0 Å². The minimum absolute atomic E-state index is 0.771. The van der Waals surface area contributed by atoms with Crippen LogP contribution in [0.1, 0.15) is 22.4 Å². The fourth-order valence-electron chi connectivity index (χ4n) is 2.80. The summed E-state index contributed by atoms with van der Waals surface area (Å²) in [4.78, 5) is 4.69. The fraction of sp³-hybridized carbons (Fsp3) is 0.211. The molecule has 0 saturated heterocycles. The van der Waals surface area contributed by atoms with Crippen LogP contribution in [0.2, 0.25) is 5.02 Å². The van der Waals surface area contributed by atoms with Gasteiger partial charge in [0.15, 0.2) is 0 Å². The normalized spacial score (nSPS) is 11.0. The maximum Gasteiger partial charge on any atom is 0.0755 e. The highest BCUT2D eigenvalue weighted by molar-refractivity contribution is 6.31. The van der Waals surface area contributed by atoms with Crippen LogP contribution in [0.4, 0.5) is 11.4 Å². The van der Waals surface area contributed by atoms with E-state index in [1.54, 1.807) is 0 Å². The van der Waals surface area contributed by atoms with Gasteiger partial charge in [-0.25, -0.2) is 0 Å². The number of pyridine rings is 1. The molecule has 1 N–H and O–H groups in total. The molecule has 0 saturated carbocycles. The summed E-state index contributed by atoms with van der Waals surface area (Å²) in [7, 11) is 0. The molecule has 0 aliphatic heterocycles. The molecule has 0 amide bonds. The molecule has 2 nitrogen and oxygen atoms in total. The van der Waals surface area contributed by atoms with Crippen molar-refractivity contribution < 1.29 is 0 Å². The number of benzene rings is 2. The Balaban J connectivity index is 2.20. The number of aryl methyl sites for hydroxylation is 3. The molecule has 0 unspecified atom stereocenters. The van der Waals surface area contributed by atoms with E-state index in [1.165, 1.54) is 11.1 Å². The predicted octanol–water partition coefficient (Wildman–Crippen LogP) is 5.87. The Morgan fingerprint density at radius 1 is 0.955 bits per heavy atom. The SMILES string of the molecule is Cc1cc(C)c2nc(C)cc(Nc3cccc(Cl)c3C)c2c1. The minimum atomic E-state index is 0.771. The van der Waals surface area contributed by atoms with Gasteiger partial charge >= 0.3 is 0 Å². The van der Waals surface area contributed by atoms with Crippen LogP contribution < -0.4 is 5.32 Å². The van der Waals surface area contributed by atoms with Crippen LogP contribution in [0.25, 0.3) is 10.9 Å². The minimum Gasteiger partial charge on any atom is -0.355 e. The van der Waals surface area contributed by atoms with E-state index in [2.05, 4.69) is 37.4 Å². The molecule has 0 spiro atoms. The molecule has 0 aliphatic carbocycles. The van der Waals surface area contributed by atoms with Crippen molar-refractivity contribution in [2.24, 2.45) is 0 Å². The van der Waals surface area contributed by atoms with E-state index in [4.69, 9.17) is 16.6 Å². The van der Waals surface area contributed by atoms with Crippen molar-refractivity contribution in [1.82, 2.24) is 4.98 Å². The van der Waals surface area contributed by atoms with Crippen LogP contribution in [0.15, 0.2) is 36.4 Å². The molecule has 22 heavy (non-hydrogen) atoms. The smallest absolute Gasteiger partial charge is 0.0755 e. The van der Waals surface area contributed by atoms with Crippen molar-refractivity contribution in [3.63, 3.8) is 0 Å². The van der Waals surface area contributed by atoms with Gasteiger partial charge in [0.1, 0.15) is 0 Å². The lowest BCUT2D eigenvalue weighted by Crippen LogP contribution is -1.98. The number of nitrogens with one attached hydrogen (secondary N) is 1. The summed E-state index contributed by atoms with van der Waals surface area (Å²) in [6.45, 7) is 8.27. The Bertz CT molecular complexity index is 869. The van der Waals surface area contributed by atoms with Crippen LogP contribution in [-0.4, -0.2) is 4.98 Å². The number of anilines is 2. The molecule has 0 bridgehead atoms. The lowest BCUT2D eigenvalue weighted by atomic mass is 10.0. The third kappa shape index (κ3) is 2.67. The van der Waals surface area contributed by atoms with Crippen LogP contribution in [0.3, 0.4) is 0 Å². The van der Waals surface area contributed by atoms with Crippen LogP contribution in [0.5, 0.6) is 0 Å². The van der Waals surface area contributed by atoms with Gasteiger partial charge in [-0.05, 0) is 63.1 Å². The molecule has 3 aromatic rings. The summed E-state index contributed by atoms with van der Waals surface area (Å²) in [6.07, 6.45) is 0. The Kier molecular flexibility index (Phi) is 3.79. The number of hydrogen-bond donors (Lipinski definition) is 1. The molecule has 0 fully saturated rings. The number of fused-ring (bicyclic) bond motifs is 1. The highest BCUT2D eigenvalue weighted by atomic mass is 35.5. The first-order valence-corrected chi connectivity index (χ1v) is 7.74. The van der Waals surface area contributed by atoms with E-state index < -0.39 is 0 Å². The molecule has 3 rings (SSSR count). The number of nitrogens with zero attached hydrogens (tertiary/aromatic N) is 1. The molecule has 1 heterocycles. The van der Waals surface area contributed by atoms with E-state index in [0.29, 0.717) is 0 Å². The van der Waals surface area contributed by atoms with Crippen molar-refractivity contribution in [2.45, 2.75) is 27.7 Å². The summed E-state index contributed by atoms with van der Waals surface area (Å²) in [5.74, 6) is 0. The van der Waals surface area contributed by atoms with Crippen LogP contribution in [0, 0.1) is 27.7 Å². The molecule has 0 radical (unpaired) electrons. The quantitative estimate of drug-likeness (QED) is 0.640. The second-order valence-corrected chi connectivity index (χ2v) is 6.23. The Morgan fingerprint density at radius 2 is 1.73 bits per heavy atom. The molecular formula is C19H19ClN2. The first-order chi connectivity index (χ1) is 10.5.